The van der Waals surface area contributed by atoms with Gasteiger partial charge in [0.15, 0.2) is 0 Å². The molecule has 0 radical (unpaired) electrons. The minimum absolute atomic E-state index is 0.0159. The predicted molar refractivity (Wildman–Crippen MR) is 116 cm³/mol. The number of urea groups is 1. The largest absolute Gasteiger partial charge is 0.383 e. The summed E-state index contributed by atoms with van der Waals surface area (Å²) in [5.41, 5.74) is 3.80. The number of anilines is 1. The molecule has 162 valence electrons. The van der Waals surface area contributed by atoms with E-state index in [0.29, 0.717) is 19.7 Å². The van der Waals surface area contributed by atoms with E-state index in [0.717, 1.165) is 41.5 Å². The van der Waals surface area contributed by atoms with Gasteiger partial charge < -0.3 is 19.1 Å². The van der Waals surface area contributed by atoms with Gasteiger partial charge in [-0.1, -0.05) is 24.3 Å². The first-order valence-electron chi connectivity index (χ1n) is 9.93. The van der Waals surface area contributed by atoms with Crippen LogP contribution in [0.2, 0.25) is 0 Å². The van der Waals surface area contributed by atoms with Crippen LogP contribution in [0.1, 0.15) is 29.5 Å². The highest BCUT2D eigenvalue weighted by atomic mass is 32.2. The van der Waals surface area contributed by atoms with E-state index < -0.39 is 10.1 Å². The van der Waals surface area contributed by atoms with E-state index in [4.69, 9.17) is 8.92 Å². The lowest BCUT2D eigenvalue weighted by Crippen LogP contribution is -2.39. The molecular weight excluding hydrogens is 404 g/mol. The van der Waals surface area contributed by atoms with E-state index in [2.05, 4.69) is 5.32 Å². The van der Waals surface area contributed by atoms with Crippen molar-refractivity contribution in [2.24, 2.45) is 0 Å². The zero-order valence-corrected chi connectivity index (χ0v) is 18.4. The van der Waals surface area contributed by atoms with Gasteiger partial charge in [-0.3, -0.25) is 0 Å². The Hall–Kier alpha value is -2.58. The van der Waals surface area contributed by atoms with Crippen LogP contribution in [0.5, 0.6) is 5.75 Å². The van der Waals surface area contributed by atoms with E-state index in [1.807, 2.05) is 32.0 Å². The first-order valence-corrected chi connectivity index (χ1v) is 11.7. The number of nitrogens with one attached hydrogen (secondary N) is 1. The summed E-state index contributed by atoms with van der Waals surface area (Å²) in [5.74, 6) is 0.242. The molecule has 0 saturated carbocycles. The van der Waals surface area contributed by atoms with Crippen molar-refractivity contribution in [2.75, 3.05) is 24.7 Å². The smallest absolute Gasteiger partial charge is 0.322 e. The lowest BCUT2D eigenvalue weighted by Gasteiger charge is -2.26. The molecule has 1 atom stereocenters. The summed E-state index contributed by atoms with van der Waals surface area (Å²) < 4.78 is 33.2. The first kappa shape index (κ1) is 22.1. The molecular formula is C22H28N2O5S. The van der Waals surface area contributed by atoms with Crippen LogP contribution in [-0.2, 0) is 21.4 Å². The van der Waals surface area contributed by atoms with Crippen LogP contribution in [-0.4, -0.2) is 44.9 Å². The van der Waals surface area contributed by atoms with Crippen molar-refractivity contribution < 1.29 is 22.1 Å². The second-order valence-corrected chi connectivity index (χ2v) is 9.20. The lowest BCUT2D eigenvalue weighted by atomic mass is 10.1. The van der Waals surface area contributed by atoms with Crippen molar-refractivity contribution in [1.29, 1.82) is 0 Å². The van der Waals surface area contributed by atoms with Gasteiger partial charge in [-0.2, -0.15) is 8.42 Å². The molecule has 3 rings (SSSR count). The summed E-state index contributed by atoms with van der Waals surface area (Å²) in [6.45, 7) is 5.56. The highest BCUT2D eigenvalue weighted by molar-refractivity contribution is 7.86. The fourth-order valence-corrected chi connectivity index (χ4v) is 3.84. The van der Waals surface area contributed by atoms with Crippen LogP contribution in [0.3, 0.4) is 0 Å². The molecule has 2 aromatic rings. The van der Waals surface area contributed by atoms with E-state index in [1.165, 1.54) is 0 Å². The maximum Gasteiger partial charge on any atom is 0.322 e. The average Bonchev–Trinajstić information content (AvgIpc) is 3.18. The minimum Gasteiger partial charge on any atom is -0.383 e. The normalized spacial score (nSPS) is 16.3. The Bertz CT molecular complexity index is 983. The summed E-state index contributed by atoms with van der Waals surface area (Å²) in [7, 11) is -3.58. The van der Waals surface area contributed by atoms with Crippen LogP contribution < -0.4 is 9.50 Å². The van der Waals surface area contributed by atoms with Crippen molar-refractivity contribution >= 4 is 21.8 Å². The molecule has 0 aliphatic carbocycles. The van der Waals surface area contributed by atoms with Gasteiger partial charge >= 0.3 is 16.1 Å². The monoisotopic (exact) mass is 432 g/mol. The van der Waals surface area contributed by atoms with Gasteiger partial charge in [0.25, 0.3) is 0 Å². The predicted octanol–water partition coefficient (Wildman–Crippen LogP) is 3.85. The summed E-state index contributed by atoms with van der Waals surface area (Å²) >= 11 is 0. The Balaban J connectivity index is 1.74. The van der Waals surface area contributed by atoms with Gasteiger partial charge in [-0.25, -0.2) is 4.79 Å². The number of amides is 2. The van der Waals surface area contributed by atoms with Gasteiger partial charge in [0.2, 0.25) is 0 Å². The Morgan fingerprint density at radius 2 is 1.93 bits per heavy atom. The third kappa shape index (κ3) is 6.21. The Kier molecular flexibility index (Phi) is 6.99. The van der Waals surface area contributed by atoms with Gasteiger partial charge in [0.1, 0.15) is 5.75 Å². The zero-order valence-electron chi connectivity index (χ0n) is 17.6. The van der Waals surface area contributed by atoms with Crippen LogP contribution >= 0.6 is 0 Å². The van der Waals surface area contributed by atoms with Gasteiger partial charge in [-0.15, -0.1) is 0 Å². The van der Waals surface area contributed by atoms with Crippen LogP contribution in [0, 0.1) is 13.8 Å². The lowest BCUT2D eigenvalue weighted by molar-refractivity contribution is 0.0819. The molecule has 0 bridgehead atoms. The average molecular weight is 433 g/mol. The molecule has 7 nitrogen and oxygen atoms in total. The number of hydrogen-bond acceptors (Lipinski definition) is 5. The number of nitrogens with zero attached hydrogens (tertiary/aromatic N) is 1. The molecule has 1 heterocycles. The topological polar surface area (TPSA) is 84.9 Å². The Morgan fingerprint density at radius 1 is 1.20 bits per heavy atom. The zero-order chi connectivity index (χ0) is 21.7. The Morgan fingerprint density at radius 3 is 2.57 bits per heavy atom. The van der Waals surface area contributed by atoms with Crippen molar-refractivity contribution in [3.63, 3.8) is 0 Å². The number of rotatable bonds is 7. The second-order valence-electron chi connectivity index (χ2n) is 7.62. The van der Waals surface area contributed by atoms with E-state index in [1.54, 1.807) is 29.2 Å². The maximum atomic E-state index is 13.1. The molecule has 2 aromatic carbocycles. The van der Waals surface area contributed by atoms with Crippen molar-refractivity contribution in [3.8, 4) is 5.75 Å². The number of carbonyl (C=O) groups is 1. The number of benzene rings is 2. The molecule has 0 aromatic heterocycles. The number of hydrogen-bond donors (Lipinski definition) is 1. The summed E-state index contributed by atoms with van der Waals surface area (Å²) in [6.07, 6.45) is 2.94. The molecule has 1 aliphatic rings. The van der Waals surface area contributed by atoms with Crippen LogP contribution in [0.25, 0.3) is 0 Å². The Labute approximate surface area is 178 Å². The first-order chi connectivity index (χ1) is 14.2. The summed E-state index contributed by atoms with van der Waals surface area (Å²) in [5, 5.41) is 3.02. The molecule has 1 N–H and O–H groups in total. The highest BCUT2D eigenvalue weighted by Gasteiger charge is 2.23. The standard InChI is InChI=1S/C22H28N2O5S/c1-16-6-4-8-21(17(16)2)23-22(25)24(15-20-7-5-13-28-20)14-18-9-11-19(12-10-18)29-30(3,26)27/h4,6,8-12,20H,5,7,13-15H2,1-3H3,(H,23,25). The fraction of sp³-hybridized carbons (Fsp3) is 0.409. The molecule has 1 aliphatic heterocycles. The third-order valence-electron chi connectivity index (χ3n) is 5.13. The van der Waals surface area contributed by atoms with Gasteiger partial charge in [-0.05, 0) is 61.6 Å². The third-order valence-corrected chi connectivity index (χ3v) is 5.62. The quantitative estimate of drug-likeness (QED) is 0.672. The SMILES string of the molecule is Cc1cccc(NC(=O)N(Cc2ccc(OS(C)(=O)=O)cc2)CC2CCCO2)c1C. The van der Waals surface area contributed by atoms with Crippen LogP contribution in [0.4, 0.5) is 10.5 Å². The fourth-order valence-electron chi connectivity index (χ4n) is 3.38. The summed E-state index contributed by atoms with van der Waals surface area (Å²) in [4.78, 5) is 14.8. The molecule has 30 heavy (non-hydrogen) atoms. The van der Waals surface area contributed by atoms with Crippen molar-refractivity contribution in [2.45, 2.75) is 39.3 Å². The molecule has 1 fully saturated rings. The van der Waals surface area contributed by atoms with E-state index in [-0.39, 0.29) is 17.9 Å². The summed E-state index contributed by atoms with van der Waals surface area (Å²) in [6, 6.07) is 12.3. The van der Waals surface area contributed by atoms with Gasteiger partial charge in [0.05, 0.1) is 12.4 Å². The highest BCUT2D eigenvalue weighted by Crippen LogP contribution is 2.21. The number of ether oxygens (including phenoxy) is 1. The second kappa shape index (κ2) is 9.49. The van der Waals surface area contributed by atoms with E-state index in [9.17, 15) is 13.2 Å². The maximum absolute atomic E-state index is 13.1. The molecule has 1 unspecified atom stereocenters. The molecule has 0 spiro atoms. The number of carbonyl (C=O) groups excluding carboxylic acids is 1. The molecule has 1 saturated heterocycles. The van der Waals surface area contributed by atoms with Crippen LogP contribution in [0.15, 0.2) is 42.5 Å². The molecule has 2 amide bonds. The molecule has 8 heteroatoms. The van der Waals surface area contributed by atoms with Gasteiger partial charge in [0, 0.05) is 25.4 Å². The van der Waals surface area contributed by atoms with Crippen molar-refractivity contribution in [1.82, 2.24) is 4.90 Å². The van der Waals surface area contributed by atoms with Crippen molar-refractivity contribution in [3.05, 3.63) is 59.2 Å². The van der Waals surface area contributed by atoms with E-state index >= 15 is 0 Å². The minimum atomic E-state index is -3.58. The number of aryl methyl sites for hydroxylation is 1.